The first-order valence-corrected chi connectivity index (χ1v) is 8.53. The Morgan fingerprint density at radius 1 is 1.28 bits per heavy atom. The van der Waals surface area contributed by atoms with Gasteiger partial charge in [0, 0.05) is 19.1 Å². The first-order chi connectivity index (χ1) is 11.7. The zero-order valence-corrected chi connectivity index (χ0v) is 16.2. The quantitative estimate of drug-likeness (QED) is 0.724. The van der Waals surface area contributed by atoms with Gasteiger partial charge in [-0.3, -0.25) is 9.69 Å². The predicted octanol–water partition coefficient (Wildman–Crippen LogP) is 1.47. The fourth-order valence-corrected chi connectivity index (χ4v) is 3.08. The summed E-state index contributed by atoms with van der Waals surface area (Å²) >= 11 is 0. The van der Waals surface area contributed by atoms with Crippen LogP contribution in [-0.4, -0.2) is 64.3 Å². The third-order valence-electron chi connectivity index (χ3n) is 4.46. The summed E-state index contributed by atoms with van der Waals surface area (Å²) in [6, 6.07) is 6.34. The van der Waals surface area contributed by atoms with Gasteiger partial charge < -0.3 is 20.1 Å². The molecule has 2 N–H and O–H groups in total. The van der Waals surface area contributed by atoms with Gasteiger partial charge in [0.2, 0.25) is 5.91 Å². The zero-order valence-electron chi connectivity index (χ0n) is 15.3. The van der Waals surface area contributed by atoms with Crippen molar-refractivity contribution in [3.63, 3.8) is 0 Å². The van der Waals surface area contributed by atoms with Crippen LogP contribution in [0.25, 0.3) is 0 Å². The topological polar surface area (TPSA) is 62.8 Å². The molecule has 1 aliphatic rings. The molecule has 0 spiro atoms. The van der Waals surface area contributed by atoms with E-state index in [4.69, 9.17) is 9.47 Å². The van der Waals surface area contributed by atoms with E-state index in [0.717, 1.165) is 37.2 Å². The molecule has 1 amide bonds. The van der Waals surface area contributed by atoms with Crippen molar-refractivity contribution in [1.82, 2.24) is 15.5 Å². The Balaban J connectivity index is 0.00000312. The van der Waals surface area contributed by atoms with Crippen molar-refractivity contribution in [3.8, 4) is 11.5 Å². The van der Waals surface area contributed by atoms with Crippen LogP contribution in [0.2, 0.25) is 0 Å². The van der Waals surface area contributed by atoms with Gasteiger partial charge in [-0.15, -0.1) is 12.4 Å². The highest BCUT2D eigenvalue weighted by molar-refractivity contribution is 5.85. The first kappa shape index (κ1) is 21.5. The summed E-state index contributed by atoms with van der Waals surface area (Å²) in [6.07, 6.45) is 3.10. The lowest BCUT2D eigenvalue weighted by Crippen LogP contribution is -2.48. The summed E-state index contributed by atoms with van der Waals surface area (Å²) in [5.74, 6) is 1.52. The molecule has 1 aliphatic heterocycles. The second-order valence-corrected chi connectivity index (χ2v) is 6.15. The van der Waals surface area contributed by atoms with Gasteiger partial charge in [-0.2, -0.15) is 0 Å². The molecule has 1 fully saturated rings. The van der Waals surface area contributed by atoms with Crippen LogP contribution in [0, 0.1) is 0 Å². The molecule has 0 radical (unpaired) electrons. The highest BCUT2D eigenvalue weighted by Crippen LogP contribution is 2.27. The largest absolute Gasteiger partial charge is 0.493 e. The number of hydrogen-bond acceptors (Lipinski definition) is 5. The maximum absolute atomic E-state index is 12.1. The van der Waals surface area contributed by atoms with E-state index in [1.807, 2.05) is 25.2 Å². The molecule has 2 rings (SSSR count). The number of ether oxygens (including phenoxy) is 2. The van der Waals surface area contributed by atoms with Crippen molar-refractivity contribution in [1.29, 1.82) is 0 Å². The van der Waals surface area contributed by atoms with Crippen molar-refractivity contribution in [2.45, 2.75) is 25.3 Å². The van der Waals surface area contributed by atoms with Crippen LogP contribution in [0.4, 0.5) is 0 Å². The molecule has 142 valence electrons. The Labute approximate surface area is 156 Å². The van der Waals surface area contributed by atoms with E-state index in [9.17, 15) is 4.79 Å². The first-order valence-electron chi connectivity index (χ1n) is 8.53. The number of likely N-dealkylation sites (tertiary alicyclic amines) is 1. The molecule has 1 saturated heterocycles. The van der Waals surface area contributed by atoms with E-state index < -0.39 is 0 Å². The molecular weight excluding hydrogens is 342 g/mol. The number of benzene rings is 1. The van der Waals surface area contributed by atoms with E-state index in [1.54, 1.807) is 14.2 Å². The minimum absolute atomic E-state index is 0. The van der Waals surface area contributed by atoms with Crippen molar-refractivity contribution in [3.05, 3.63) is 23.8 Å². The maximum atomic E-state index is 12.1. The third kappa shape index (κ3) is 6.72. The maximum Gasteiger partial charge on any atom is 0.234 e. The molecule has 0 aliphatic carbocycles. The van der Waals surface area contributed by atoms with Gasteiger partial charge in [-0.25, -0.2) is 0 Å². The molecule has 25 heavy (non-hydrogen) atoms. The number of amides is 1. The number of piperidine rings is 1. The molecule has 7 heteroatoms. The van der Waals surface area contributed by atoms with Crippen molar-refractivity contribution >= 4 is 18.3 Å². The molecular formula is C18H30ClN3O3. The number of carbonyl (C=O) groups excluding carboxylic acids is 1. The number of nitrogens with one attached hydrogen (secondary N) is 2. The van der Waals surface area contributed by atoms with Crippen LogP contribution in [0.1, 0.15) is 18.4 Å². The summed E-state index contributed by atoms with van der Waals surface area (Å²) < 4.78 is 10.5. The minimum Gasteiger partial charge on any atom is -0.493 e. The van der Waals surface area contributed by atoms with Crippen LogP contribution in [-0.2, 0) is 11.2 Å². The molecule has 1 aromatic carbocycles. The normalized spacial score (nSPS) is 17.5. The summed E-state index contributed by atoms with van der Waals surface area (Å²) in [7, 11) is 5.23. The van der Waals surface area contributed by atoms with E-state index in [2.05, 4.69) is 15.5 Å². The lowest BCUT2D eigenvalue weighted by atomic mass is 10.1. The van der Waals surface area contributed by atoms with Crippen molar-refractivity contribution in [2.24, 2.45) is 0 Å². The number of halogens is 1. The predicted molar refractivity (Wildman–Crippen MR) is 102 cm³/mol. The smallest absolute Gasteiger partial charge is 0.234 e. The highest BCUT2D eigenvalue weighted by atomic mass is 35.5. The van der Waals surface area contributed by atoms with Crippen LogP contribution in [0.3, 0.4) is 0 Å². The number of methoxy groups -OCH3 is 2. The summed E-state index contributed by atoms with van der Waals surface area (Å²) in [4.78, 5) is 14.3. The fourth-order valence-electron chi connectivity index (χ4n) is 3.08. The lowest BCUT2D eigenvalue weighted by Gasteiger charge is -2.31. The number of nitrogens with zero attached hydrogens (tertiary/aromatic N) is 1. The van der Waals surface area contributed by atoms with Crippen molar-refractivity contribution < 1.29 is 14.3 Å². The molecule has 1 heterocycles. The average Bonchev–Trinajstić information content (AvgIpc) is 2.61. The monoisotopic (exact) mass is 371 g/mol. The van der Waals surface area contributed by atoms with E-state index in [0.29, 0.717) is 24.9 Å². The zero-order chi connectivity index (χ0) is 17.4. The van der Waals surface area contributed by atoms with Crippen molar-refractivity contribution in [2.75, 3.05) is 47.4 Å². The molecule has 0 aromatic heterocycles. The van der Waals surface area contributed by atoms with E-state index in [-0.39, 0.29) is 18.3 Å². The van der Waals surface area contributed by atoms with Gasteiger partial charge >= 0.3 is 0 Å². The Morgan fingerprint density at radius 3 is 2.72 bits per heavy atom. The molecule has 1 unspecified atom stereocenters. The van der Waals surface area contributed by atoms with Gasteiger partial charge in [-0.05, 0) is 50.6 Å². The van der Waals surface area contributed by atoms with Crippen LogP contribution >= 0.6 is 12.4 Å². The Kier molecular flexibility index (Phi) is 9.63. The standard InChI is InChI=1S/C18H29N3O3.ClH/c1-19-15-5-4-10-21(12-15)13-18(22)20-9-8-14-6-7-16(23-2)17(11-14)24-3;/h6-7,11,15,19H,4-5,8-10,12-13H2,1-3H3,(H,20,22);1H. The second kappa shape index (κ2) is 11.2. The third-order valence-corrected chi connectivity index (χ3v) is 4.46. The SMILES string of the molecule is CNC1CCCN(CC(=O)NCCc2ccc(OC)c(OC)c2)C1.Cl. The number of likely N-dealkylation sites (N-methyl/N-ethyl adjacent to an activating group) is 1. The summed E-state index contributed by atoms with van der Waals surface area (Å²) in [6.45, 7) is 3.04. The summed E-state index contributed by atoms with van der Waals surface area (Å²) in [5, 5.41) is 6.30. The second-order valence-electron chi connectivity index (χ2n) is 6.15. The van der Waals surface area contributed by atoms with Crippen LogP contribution in [0.5, 0.6) is 11.5 Å². The number of rotatable bonds is 8. The summed E-state index contributed by atoms with van der Waals surface area (Å²) in [5.41, 5.74) is 1.11. The van der Waals surface area contributed by atoms with Gasteiger partial charge in [-0.1, -0.05) is 6.07 Å². The van der Waals surface area contributed by atoms with Crippen LogP contribution in [0.15, 0.2) is 18.2 Å². The van der Waals surface area contributed by atoms with E-state index >= 15 is 0 Å². The molecule has 6 nitrogen and oxygen atoms in total. The van der Waals surface area contributed by atoms with Crippen LogP contribution < -0.4 is 20.1 Å². The average molecular weight is 372 g/mol. The Morgan fingerprint density at radius 2 is 2.04 bits per heavy atom. The molecule has 0 saturated carbocycles. The Hall–Kier alpha value is -1.50. The molecule has 1 atom stereocenters. The van der Waals surface area contributed by atoms with Gasteiger partial charge in [0.15, 0.2) is 11.5 Å². The highest BCUT2D eigenvalue weighted by Gasteiger charge is 2.20. The lowest BCUT2D eigenvalue weighted by molar-refractivity contribution is -0.122. The van der Waals surface area contributed by atoms with Gasteiger partial charge in [0.1, 0.15) is 0 Å². The van der Waals surface area contributed by atoms with Gasteiger partial charge in [0.25, 0.3) is 0 Å². The Bertz CT molecular complexity index is 542. The molecule has 0 bridgehead atoms. The minimum atomic E-state index is 0. The number of hydrogen-bond donors (Lipinski definition) is 2. The van der Waals surface area contributed by atoms with Gasteiger partial charge in [0.05, 0.1) is 20.8 Å². The molecule has 1 aromatic rings. The van der Waals surface area contributed by atoms with E-state index in [1.165, 1.54) is 6.42 Å². The fraction of sp³-hybridized carbons (Fsp3) is 0.611. The number of carbonyl (C=O) groups is 1.